The average molecular weight is 277 g/mol. The molecule has 112 valence electrons. The number of aromatic nitrogens is 2. The highest BCUT2D eigenvalue weighted by atomic mass is 15.3. The summed E-state index contributed by atoms with van der Waals surface area (Å²) < 4.78 is 0. The van der Waals surface area contributed by atoms with E-state index in [0.29, 0.717) is 6.04 Å². The van der Waals surface area contributed by atoms with E-state index in [4.69, 9.17) is 0 Å². The summed E-state index contributed by atoms with van der Waals surface area (Å²) in [6, 6.07) is 0.573. The van der Waals surface area contributed by atoms with Crippen LogP contribution in [0.25, 0.3) is 0 Å². The minimum absolute atomic E-state index is 0.573. The zero-order valence-electron chi connectivity index (χ0n) is 13.0. The normalized spacial score (nSPS) is 19.0. The number of nitrogens with one attached hydrogen (secondary N) is 1. The molecule has 0 radical (unpaired) electrons. The molecule has 20 heavy (non-hydrogen) atoms. The van der Waals surface area contributed by atoms with Crippen LogP contribution in [-0.4, -0.2) is 54.6 Å². The second-order valence-corrected chi connectivity index (χ2v) is 5.79. The minimum atomic E-state index is 0.573. The van der Waals surface area contributed by atoms with E-state index in [9.17, 15) is 0 Å². The molecule has 1 unspecified atom stereocenters. The summed E-state index contributed by atoms with van der Waals surface area (Å²) >= 11 is 0. The first-order chi connectivity index (χ1) is 9.70. The smallest absolute Gasteiger partial charge is 0.147 e. The molecule has 2 rings (SSSR count). The highest BCUT2D eigenvalue weighted by molar-refractivity contribution is 5.39. The van der Waals surface area contributed by atoms with Crippen molar-refractivity contribution >= 4 is 5.82 Å². The number of rotatable bonds is 7. The van der Waals surface area contributed by atoms with Crippen LogP contribution in [0.15, 0.2) is 12.4 Å². The van der Waals surface area contributed by atoms with Gasteiger partial charge in [0.1, 0.15) is 5.82 Å². The maximum Gasteiger partial charge on any atom is 0.147 e. The quantitative estimate of drug-likeness (QED) is 0.765. The second-order valence-electron chi connectivity index (χ2n) is 5.79. The van der Waals surface area contributed by atoms with Gasteiger partial charge in [-0.15, -0.1) is 0 Å². The Labute approximate surface area is 122 Å². The fourth-order valence-electron chi connectivity index (χ4n) is 2.73. The predicted octanol–water partition coefficient (Wildman–Crippen LogP) is 1.51. The lowest BCUT2D eigenvalue weighted by atomic mass is 10.2. The van der Waals surface area contributed by atoms with Crippen LogP contribution in [0.1, 0.15) is 31.9 Å². The SMILES string of the molecule is CCCNCc1cnc(N2CCCC2CN(C)C)cn1. The van der Waals surface area contributed by atoms with Gasteiger partial charge in [0.25, 0.3) is 0 Å². The van der Waals surface area contributed by atoms with Crippen molar-refractivity contribution in [1.82, 2.24) is 20.2 Å². The standard InChI is InChI=1S/C15H27N5/c1-4-7-16-9-13-10-18-15(11-17-13)20-8-5-6-14(20)12-19(2)3/h10-11,14,16H,4-9,12H2,1-3H3. The Bertz CT molecular complexity index is 390. The van der Waals surface area contributed by atoms with Crippen molar-refractivity contribution < 1.29 is 0 Å². The van der Waals surface area contributed by atoms with Crippen LogP contribution in [0.5, 0.6) is 0 Å². The molecule has 1 fully saturated rings. The molecular weight excluding hydrogens is 250 g/mol. The first-order valence-electron chi connectivity index (χ1n) is 7.63. The van der Waals surface area contributed by atoms with Crippen molar-refractivity contribution in [3.05, 3.63) is 18.1 Å². The number of likely N-dealkylation sites (N-methyl/N-ethyl adjacent to an activating group) is 1. The van der Waals surface area contributed by atoms with Gasteiger partial charge in [-0.1, -0.05) is 6.92 Å². The van der Waals surface area contributed by atoms with Crippen molar-refractivity contribution in [2.45, 2.75) is 38.8 Å². The molecule has 2 heterocycles. The summed E-state index contributed by atoms with van der Waals surface area (Å²) in [5.74, 6) is 1.02. The average Bonchev–Trinajstić information content (AvgIpc) is 2.87. The highest BCUT2D eigenvalue weighted by Gasteiger charge is 2.26. The molecule has 0 aromatic carbocycles. The molecule has 1 aliphatic rings. The van der Waals surface area contributed by atoms with Crippen LogP contribution in [-0.2, 0) is 6.54 Å². The third-order valence-corrected chi connectivity index (χ3v) is 3.67. The monoisotopic (exact) mass is 277 g/mol. The lowest BCUT2D eigenvalue weighted by Crippen LogP contribution is -2.38. The van der Waals surface area contributed by atoms with Crippen LogP contribution in [0.2, 0.25) is 0 Å². The van der Waals surface area contributed by atoms with Gasteiger partial charge in [-0.3, -0.25) is 4.98 Å². The second kappa shape index (κ2) is 7.55. The van der Waals surface area contributed by atoms with Gasteiger partial charge in [0.15, 0.2) is 0 Å². The number of nitrogens with zero attached hydrogens (tertiary/aromatic N) is 4. The van der Waals surface area contributed by atoms with E-state index in [1.54, 1.807) is 0 Å². The predicted molar refractivity (Wildman–Crippen MR) is 83.0 cm³/mol. The van der Waals surface area contributed by atoms with E-state index in [1.807, 2.05) is 12.4 Å². The molecule has 1 aromatic heterocycles. The largest absolute Gasteiger partial charge is 0.351 e. The van der Waals surface area contributed by atoms with Crippen LogP contribution in [0, 0.1) is 0 Å². The maximum absolute atomic E-state index is 4.60. The van der Waals surface area contributed by atoms with E-state index in [2.05, 4.69) is 46.1 Å². The molecule has 0 spiro atoms. The van der Waals surface area contributed by atoms with E-state index in [1.165, 1.54) is 12.8 Å². The molecule has 5 nitrogen and oxygen atoms in total. The molecule has 0 amide bonds. The molecule has 0 aliphatic carbocycles. The molecule has 1 aromatic rings. The Morgan fingerprint density at radius 3 is 2.85 bits per heavy atom. The zero-order valence-corrected chi connectivity index (χ0v) is 13.0. The van der Waals surface area contributed by atoms with Gasteiger partial charge in [0.05, 0.1) is 18.1 Å². The van der Waals surface area contributed by atoms with Crippen LogP contribution >= 0.6 is 0 Å². The van der Waals surface area contributed by atoms with Crippen LogP contribution < -0.4 is 10.2 Å². The van der Waals surface area contributed by atoms with Gasteiger partial charge in [-0.25, -0.2) is 4.98 Å². The minimum Gasteiger partial charge on any atom is -0.351 e. The van der Waals surface area contributed by atoms with Gasteiger partial charge in [0, 0.05) is 25.7 Å². The first-order valence-corrected chi connectivity index (χ1v) is 7.63. The Morgan fingerprint density at radius 1 is 1.35 bits per heavy atom. The Kier molecular flexibility index (Phi) is 5.73. The molecule has 0 saturated carbocycles. The summed E-state index contributed by atoms with van der Waals surface area (Å²) in [7, 11) is 4.26. The van der Waals surface area contributed by atoms with E-state index >= 15 is 0 Å². The summed E-state index contributed by atoms with van der Waals surface area (Å²) in [4.78, 5) is 13.8. The third-order valence-electron chi connectivity index (χ3n) is 3.67. The van der Waals surface area contributed by atoms with Gasteiger partial charge < -0.3 is 15.1 Å². The van der Waals surface area contributed by atoms with Crippen molar-refractivity contribution in [2.24, 2.45) is 0 Å². The third kappa shape index (κ3) is 4.15. The van der Waals surface area contributed by atoms with E-state index < -0.39 is 0 Å². The van der Waals surface area contributed by atoms with E-state index in [-0.39, 0.29) is 0 Å². The van der Waals surface area contributed by atoms with Crippen LogP contribution in [0.4, 0.5) is 5.82 Å². The summed E-state index contributed by atoms with van der Waals surface area (Å²) in [5.41, 5.74) is 1.02. The summed E-state index contributed by atoms with van der Waals surface area (Å²) in [5, 5.41) is 3.35. The molecule has 1 N–H and O–H groups in total. The molecule has 1 aliphatic heterocycles. The number of hydrogen-bond acceptors (Lipinski definition) is 5. The molecule has 1 atom stereocenters. The van der Waals surface area contributed by atoms with Gasteiger partial charge in [-0.05, 0) is 39.9 Å². The van der Waals surface area contributed by atoms with Crippen molar-refractivity contribution in [3.63, 3.8) is 0 Å². The van der Waals surface area contributed by atoms with Crippen molar-refractivity contribution in [2.75, 3.05) is 38.6 Å². The van der Waals surface area contributed by atoms with Gasteiger partial charge >= 0.3 is 0 Å². The van der Waals surface area contributed by atoms with Gasteiger partial charge in [0.2, 0.25) is 0 Å². The van der Waals surface area contributed by atoms with Crippen molar-refractivity contribution in [3.8, 4) is 0 Å². The summed E-state index contributed by atoms with van der Waals surface area (Å²) in [6.45, 7) is 6.19. The fraction of sp³-hybridized carbons (Fsp3) is 0.733. The Balaban J connectivity index is 1.94. The summed E-state index contributed by atoms with van der Waals surface area (Å²) in [6.07, 6.45) is 7.48. The molecular formula is C15H27N5. The lowest BCUT2D eigenvalue weighted by Gasteiger charge is -2.27. The lowest BCUT2D eigenvalue weighted by molar-refractivity contribution is 0.371. The Hall–Kier alpha value is -1.20. The van der Waals surface area contributed by atoms with E-state index in [0.717, 1.165) is 44.1 Å². The van der Waals surface area contributed by atoms with Crippen molar-refractivity contribution in [1.29, 1.82) is 0 Å². The van der Waals surface area contributed by atoms with Crippen LogP contribution in [0.3, 0.4) is 0 Å². The zero-order chi connectivity index (χ0) is 14.4. The Morgan fingerprint density at radius 2 is 2.20 bits per heavy atom. The first kappa shape index (κ1) is 15.2. The molecule has 5 heteroatoms. The van der Waals surface area contributed by atoms with Gasteiger partial charge in [-0.2, -0.15) is 0 Å². The number of hydrogen-bond donors (Lipinski definition) is 1. The number of anilines is 1. The molecule has 0 bridgehead atoms. The maximum atomic E-state index is 4.60. The molecule has 1 saturated heterocycles. The topological polar surface area (TPSA) is 44.3 Å². The fourth-order valence-corrected chi connectivity index (χ4v) is 2.73. The highest BCUT2D eigenvalue weighted by Crippen LogP contribution is 2.23.